The highest BCUT2D eigenvalue weighted by Crippen LogP contribution is 2.36. The first-order chi connectivity index (χ1) is 9.04. The van der Waals surface area contributed by atoms with Crippen LogP contribution in [-0.4, -0.2) is 60.1 Å². The van der Waals surface area contributed by atoms with Crippen LogP contribution in [0.2, 0.25) is 0 Å². The van der Waals surface area contributed by atoms with Crippen LogP contribution in [0.5, 0.6) is 0 Å². The van der Waals surface area contributed by atoms with Crippen molar-refractivity contribution in [1.29, 1.82) is 0 Å². The first-order valence-electron chi connectivity index (χ1n) is 7.71. The maximum Gasteiger partial charge on any atom is 0.317 e. The van der Waals surface area contributed by atoms with Crippen molar-refractivity contribution in [3.05, 3.63) is 0 Å². The highest BCUT2D eigenvalue weighted by molar-refractivity contribution is 5.69. The van der Waals surface area contributed by atoms with Gasteiger partial charge in [-0.3, -0.25) is 9.69 Å². The van der Waals surface area contributed by atoms with Gasteiger partial charge < -0.3 is 10.0 Å². The van der Waals surface area contributed by atoms with Gasteiger partial charge in [-0.25, -0.2) is 0 Å². The number of piperazine rings is 1. The van der Waals surface area contributed by atoms with E-state index < -0.39 is 5.97 Å². The predicted molar refractivity (Wildman–Crippen MR) is 76.2 cm³/mol. The van der Waals surface area contributed by atoms with E-state index >= 15 is 0 Å². The Hall–Kier alpha value is -0.610. The molecule has 0 bridgehead atoms. The lowest BCUT2D eigenvalue weighted by atomic mass is 9.93. The fourth-order valence-electron chi connectivity index (χ4n) is 3.57. The molecular weight excluding hydrogens is 240 g/mol. The molecule has 0 amide bonds. The number of aliphatic carboxylic acids is 1. The lowest BCUT2D eigenvalue weighted by Crippen LogP contribution is -2.48. The molecule has 0 aromatic heterocycles. The van der Waals surface area contributed by atoms with Gasteiger partial charge >= 0.3 is 5.97 Å². The third-order valence-corrected chi connectivity index (χ3v) is 4.86. The summed E-state index contributed by atoms with van der Waals surface area (Å²) in [6, 6.07) is 0. The molecule has 1 heterocycles. The molecule has 0 spiro atoms. The predicted octanol–water partition coefficient (Wildman–Crippen LogP) is 1.76. The normalized spacial score (nSPS) is 30.1. The van der Waals surface area contributed by atoms with Crippen LogP contribution in [0.25, 0.3) is 0 Å². The Morgan fingerprint density at radius 3 is 2.32 bits per heavy atom. The molecule has 1 aliphatic heterocycles. The molecule has 2 aliphatic rings. The van der Waals surface area contributed by atoms with E-state index in [1.807, 2.05) is 4.90 Å². The second-order valence-corrected chi connectivity index (χ2v) is 6.65. The number of carboxylic acids is 1. The van der Waals surface area contributed by atoms with Gasteiger partial charge in [-0.05, 0) is 37.0 Å². The number of nitrogens with zero attached hydrogens (tertiary/aromatic N) is 2. The molecule has 0 radical (unpaired) electrons. The van der Waals surface area contributed by atoms with Crippen LogP contribution in [-0.2, 0) is 4.79 Å². The molecule has 2 unspecified atom stereocenters. The number of carboxylic acid groups (broad SMARTS) is 1. The van der Waals surface area contributed by atoms with Crippen LogP contribution in [0, 0.1) is 17.8 Å². The van der Waals surface area contributed by atoms with Gasteiger partial charge in [0, 0.05) is 32.7 Å². The van der Waals surface area contributed by atoms with E-state index in [4.69, 9.17) is 5.11 Å². The standard InChI is InChI=1S/C15H28N2O2/c1-12(2)14-4-3-13(9-14)10-16-5-7-17(8-6-16)11-15(18)19/h12-14H,3-11H2,1-2H3,(H,18,19). The maximum atomic E-state index is 10.7. The minimum Gasteiger partial charge on any atom is -0.480 e. The Morgan fingerprint density at radius 2 is 1.79 bits per heavy atom. The zero-order valence-corrected chi connectivity index (χ0v) is 12.3. The second-order valence-electron chi connectivity index (χ2n) is 6.65. The van der Waals surface area contributed by atoms with E-state index in [0.29, 0.717) is 0 Å². The molecule has 2 fully saturated rings. The Balaban J connectivity index is 1.67. The highest BCUT2D eigenvalue weighted by atomic mass is 16.4. The van der Waals surface area contributed by atoms with E-state index in [1.54, 1.807) is 0 Å². The average molecular weight is 268 g/mol. The number of rotatable bonds is 5. The summed E-state index contributed by atoms with van der Waals surface area (Å²) in [5, 5.41) is 8.79. The van der Waals surface area contributed by atoms with Crippen LogP contribution < -0.4 is 0 Å². The smallest absolute Gasteiger partial charge is 0.317 e. The van der Waals surface area contributed by atoms with E-state index in [1.165, 1.54) is 25.8 Å². The summed E-state index contributed by atoms with van der Waals surface area (Å²) in [4.78, 5) is 15.3. The van der Waals surface area contributed by atoms with Crippen LogP contribution in [0.15, 0.2) is 0 Å². The SMILES string of the molecule is CC(C)C1CCC(CN2CCN(CC(=O)O)CC2)C1. The molecule has 2 atom stereocenters. The Labute approximate surface area is 116 Å². The quantitative estimate of drug-likeness (QED) is 0.825. The van der Waals surface area contributed by atoms with Crippen molar-refractivity contribution in [1.82, 2.24) is 9.80 Å². The van der Waals surface area contributed by atoms with Gasteiger partial charge in [0.2, 0.25) is 0 Å². The topological polar surface area (TPSA) is 43.8 Å². The summed E-state index contributed by atoms with van der Waals surface area (Å²) in [5.41, 5.74) is 0. The molecule has 0 aromatic rings. The largest absolute Gasteiger partial charge is 0.480 e. The number of carbonyl (C=O) groups is 1. The molecule has 1 saturated heterocycles. The lowest BCUT2D eigenvalue weighted by Gasteiger charge is -2.35. The van der Waals surface area contributed by atoms with Gasteiger partial charge in [0.1, 0.15) is 0 Å². The Bertz CT molecular complexity index is 299. The molecule has 19 heavy (non-hydrogen) atoms. The highest BCUT2D eigenvalue weighted by Gasteiger charge is 2.29. The van der Waals surface area contributed by atoms with E-state index in [2.05, 4.69) is 18.7 Å². The first kappa shape index (κ1) is 14.8. The van der Waals surface area contributed by atoms with E-state index in [9.17, 15) is 4.79 Å². The third kappa shape index (κ3) is 4.46. The summed E-state index contributed by atoms with van der Waals surface area (Å²) >= 11 is 0. The fraction of sp³-hybridized carbons (Fsp3) is 0.933. The summed E-state index contributed by atoms with van der Waals surface area (Å²) < 4.78 is 0. The number of hydrogen-bond acceptors (Lipinski definition) is 3. The van der Waals surface area contributed by atoms with Crippen LogP contribution in [0.4, 0.5) is 0 Å². The Morgan fingerprint density at radius 1 is 1.16 bits per heavy atom. The van der Waals surface area contributed by atoms with Gasteiger partial charge in [0.05, 0.1) is 6.54 Å². The average Bonchev–Trinajstić information content (AvgIpc) is 2.80. The van der Waals surface area contributed by atoms with Crippen molar-refractivity contribution in [2.45, 2.75) is 33.1 Å². The summed E-state index contributed by atoms with van der Waals surface area (Å²) in [7, 11) is 0. The molecule has 0 aromatic carbocycles. The minimum atomic E-state index is -0.705. The van der Waals surface area contributed by atoms with Gasteiger partial charge in [-0.2, -0.15) is 0 Å². The lowest BCUT2D eigenvalue weighted by molar-refractivity contribution is -0.138. The monoisotopic (exact) mass is 268 g/mol. The molecule has 1 N–H and O–H groups in total. The van der Waals surface area contributed by atoms with Crippen molar-refractivity contribution in [3.8, 4) is 0 Å². The van der Waals surface area contributed by atoms with E-state index in [0.717, 1.165) is 43.9 Å². The molecule has 4 nitrogen and oxygen atoms in total. The minimum absolute atomic E-state index is 0.201. The molecule has 110 valence electrons. The first-order valence-corrected chi connectivity index (χ1v) is 7.71. The molecular formula is C15H28N2O2. The van der Waals surface area contributed by atoms with Crippen molar-refractivity contribution in [2.24, 2.45) is 17.8 Å². The summed E-state index contributed by atoms with van der Waals surface area (Å²) in [5.74, 6) is 1.93. The van der Waals surface area contributed by atoms with Crippen molar-refractivity contribution >= 4 is 5.97 Å². The van der Waals surface area contributed by atoms with Crippen molar-refractivity contribution < 1.29 is 9.90 Å². The van der Waals surface area contributed by atoms with Gasteiger partial charge in [-0.1, -0.05) is 13.8 Å². The molecule has 1 saturated carbocycles. The van der Waals surface area contributed by atoms with E-state index in [-0.39, 0.29) is 6.54 Å². The van der Waals surface area contributed by atoms with Crippen LogP contribution >= 0.6 is 0 Å². The van der Waals surface area contributed by atoms with Gasteiger partial charge in [0.15, 0.2) is 0 Å². The van der Waals surface area contributed by atoms with Crippen molar-refractivity contribution in [2.75, 3.05) is 39.3 Å². The second kappa shape index (κ2) is 6.71. The third-order valence-electron chi connectivity index (χ3n) is 4.86. The maximum absolute atomic E-state index is 10.7. The summed E-state index contributed by atoms with van der Waals surface area (Å²) in [6.45, 7) is 10.0. The number of hydrogen-bond donors (Lipinski definition) is 1. The fourth-order valence-corrected chi connectivity index (χ4v) is 3.57. The van der Waals surface area contributed by atoms with Crippen LogP contribution in [0.1, 0.15) is 33.1 Å². The Kier molecular flexibility index (Phi) is 5.22. The molecule has 4 heteroatoms. The van der Waals surface area contributed by atoms with Crippen LogP contribution in [0.3, 0.4) is 0 Å². The zero-order chi connectivity index (χ0) is 13.8. The van der Waals surface area contributed by atoms with Gasteiger partial charge in [-0.15, -0.1) is 0 Å². The zero-order valence-electron chi connectivity index (χ0n) is 12.3. The van der Waals surface area contributed by atoms with Gasteiger partial charge in [0.25, 0.3) is 0 Å². The molecule has 2 rings (SSSR count). The van der Waals surface area contributed by atoms with Crippen molar-refractivity contribution in [3.63, 3.8) is 0 Å². The molecule has 1 aliphatic carbocycles. The summed E-state index contributed by atoms with van der Waals surface area (Å²) in [6.07, 6.45) is 4.19.